The minimum atomic E-state index is -0.453. The lowest BCUT2D eigenvalue weighted by Gasteiger charge is -2.19. The van der Waals surface area contributed by atoms with Gasteiger partial charge in [-0.1, -0.05) is 62.4 Å². The zero-order valence-electron chi connectivity index (χ0n) is 12.8. The van der Waals surface area contributed by atoms with Crippen LogP contribution in [-0.4, -0.2) is 12.1 Å². The number of halogens is 1. The van der Waals surface area contributed by atoms with Gasteiger partial charge in [0.2, 0.25) is 0 Å². The first-order chi connectivity index (χ1) is 9.95. The highest BCUT2D eigenvalue weighted by Crippen LogP contribution is 2.20. The average Bonchev–Trinajstić information content (AvgIpc) is 2.43. The van der Waals surface area contributed by atoms with Crippen LogP contribution in [0.5, 0.6) is 0 Å². The molecule has 1 rings (SSSR count). The fraction of sp³-hybridized carbons (Fsp3) is 0.389. The van der Waals surface area contributed by atoms with Gasteiger partial charge in [-0.05, 0) is 31.1 Å². The number of carbonyl (C=O) groups is 1. The molecule has 1 aromatic rings. The van der Waals surface area contributed by atoms with Crippen LogP contribution >= 0.6 is 11.6 Å². The predicted octanol–water partition coefficient (Wildman–Crippen LogP) is 4.88. The molecule has 0 spiro atoms. The van der Waals surface area contributed by atoms with Gasteiger partial charge >= 0.3 is 5.97 Å². The van der Waals surface area contributed by atoms with Gasteiger partial charge in [-0.15, -0.1) is 0 Å². The largest absolute Gasteiger partial charge is 0.445 e. The quantitative estimate of drug-likeness (QED) is 0.572. The van der Waals surface area contributed by atoms with Gasteiger partial charge in [0, 0.05) is 5.92 Å². The molecule has 0 aliphatic heterocycles. The number of hydrogen-bond acceptors (Lipinski definition) is 2. The summed E-state index contributed by atoms with van der Waals surface area (Å²) in [6, 6.07) is 6.85. The lowest BCUT2D eigenvalue weighted by molar-refractivity contribution is 0.0305. The molecule has 0 aliphatic carbocycles. The summed E-state index contributed by atoms with van der Waals surface area (Å²) in [6.45, 7) is 9.69. The topological polar surface area (TPSA) is 26.3 Å². The summed E-state index contributed by atoms with van der Waals surface area (Å²) in [5, 5.41) is 0.386. The van der Waals surface area contributed by atoms with E-state index in [1.807, 2.05) is 13.8 Å². The van der Waals surface area contributed by atoms with Gasteiger partial charge in [0.1, 0.15) is 0 Å². The fourth-order valence-corrected chi connectivity index (χ4v) is 2.11. The number of esters is 1. The molecule has 0 saturated heterocycles. The molecule has 0 fully saturated rings. The van der Waals surface area contributed by atoms with Crippen molar-refractivity contribution in [1.82, 2.24) is 0 Å². The number of ether oxygens (including phenoxy) is 1. The number of benzene rings is 1. The van der Waals surface area contributed by atoms with Crippen LogP contribution in [0.15, 0.2) is 36.4 Å². The summed E-state index contributed by atoms with van der Waals surface area (Å²) in [4.78, 5) is 12.2. The van der Waals surface area contributed by atoms with E-state index < -0.39 is 12.1 Å². The van der Waals surface area contributed by atoms with Crippen LogP contribution in [-0.2, 0) is 4.74 Å². The second kappa shape index (κ2) is 8.54. The number of allylic oxidation sites excluding steroid dienone is 1. The van der Waals surface area contributed by atoms with Crippen molar-refractivity contribution in [1.29, 1.82) is 0 Å². The Bertz CT molecular complexity index is 566. The standard InChI is InChI=1S/C18H21ClO2/c1-5-8-14(4)17(12-11-13(2)3)21-18(20)15-9-6-7-10-16(15)19/h6-7,9-10,14,17H,2,5,8H2,1,3-4H3. The van der Waals surface area contributed by atoms with E-state index in [0.717, 1.165) is 18.4 Å². The van der Waals surface area contributed by atoms with Crippen LogP contribution in [0, 0.1) is 17.8 Å². The number of rotatable bonds is 5. The van der Waals surface area contributed by atoms with Crippen molar-refractivity contribution in [3.8, 4) is 11.8 Å². The maximum atomic E-state index is 12.2. The summed E-state index contributed by atoms with van der Waals surface area (Å²) in [7, 11) is 0. The lowest BCUT2D eigenvalue weighted by atomic mass is 9.99. The molecule has 0 radical (unpaired) electrons. The summed E-state index contributed by atoms with van der Waals surface area (Å²) >= 11 is 6.02. The normalized spacial score (nSPS) is 12.8. The first-order valence-corrected chi connectivity index (χ1v) is 7.46. The first-order valence-electron chi connectivity index (χ1n) is 7.08. The Morgan fingerprint density at radius 1 is 1.43 bits per heavy atom. The molecule has 0 aromatic heterocycles. The highest BCUT2D eigenvalue weighted by molar-refractivity contribution is 6.33. The fourth-order valence-electron chi connectivity index (χ4n) is 1.89. The molecule has 1 aromatic carbocycles. The third kappa shape index (κ3) is 5.65. The van der Waals surface area contributed by atoms with Gasteiger partial charge in [0.05, 0.1) is 10.6 Å². The van der Waals surface area contributed by atoms with E-state index >= 15 is 0 Å². The predicted molar refractivity (Wildman–Crippen MR) is 87.3 cm³/mol. The Balaban J connectivity index is 2.91. The Hall–Kier alpha value is -1.72. The van der Waals surface area contributed by atoms with Crippen LogP contribution in [0.25, 0.3) is 0 Å². The van der Waals surface area contributed by atoms with E-state index in [-0.39, 0.29) is 5.92 Å². The minimum absolute atomic E-state index is 0.160. The maximum absolute atomic E-state index is 12.2. The molecular weight excluding hydrogens is 284 g/mol. The molecule has 2 atom stereocenters. The zero-order valence-corrected chi connectivity index (χ0v) is 13.5. The van der Waals surface area contributed by atoms with Gasteiger partial charge < -0.3 is 4.74 Å². The molecule has 112 valence electrons. The highest BCUT2D eigenvalue weighted by Gasteiger charge is 2.21. The van der Waals surface area contributed by atoms with Crippen molar-refractivity contribution in [3.63, 3.8) is 0 Å². The minimum Gasteiger partial charge on any atom is -0.445 e. The molecule has 0 amide bonds. The second-order valence-electron chi connectivity index (χ2n) is 5.12. The van der Waals surface area contributed by atoms with E-state index in [1.54, 1.807) is 24.3 Å². The van der Waals surface area contributed by atoms with Crippen LogP contribution in [0.4, 0.5) is 0 Å². The summed E-state index contributed by atoms with van der Waals surface area (Å²) in [5.74, 6) is 5.61. The zero-order chi connectivity index (χ0) is 15.8. The van der Waals surface area contributed by atoms with Crippen molar-refractivity contribution in [2.45, 2.75) is 39.7 Å². The maximum Gasteiger partial charge on any atom is 0.340 e. The van der Waals surface area contributed by atoms with Crippen molar-refractivity contribution in [2.24, 2.45) is 5.92 Å². The van der Waals surface area contributed by atoms with Gasteiger partial charge in [0.25, 0.3) is 0 Å². The number of carbonyl (C=O) groups excluding carboxylic acids is 1. The average molecular weight is 305 g/mol. The molecule has 0 saturated carbocycles. The van der Waals surface area contributed by atoms with Crippen LogP contribution in [0.2, 0.25) is 5.02 Å². The number of hydrogen-bond donors (Lipinski definition) is 0. The molecule has 0 bridgehead atoms. The summed E-state index contributed by atoms with van der Waals surface area (Å²) in [5.41, 5.74) is 1.11. The third-order valence-corrected chi connectivity index (χ3v) is 3.35. The first kappa shape index (κ1) is 17.3. The second-order valence-corrected chi connectivity index (χ2v) is 5.53. The molecule has 3 heteroatoms. The van der Waals surface area contributed by atoms with E-state index in [0.29, 0.717) is 10.6 Å². The Labute approximate surface area is 132 Å². The van der Waals surface area contributed by atoms with E-state index in [2.05, 4.69) is 25.3 Å². The van der Waals surface area contributed by atoms with Crippen LogP contribution < -0.4 is 0 Å². The molecule has 0 aliphatic rings. The molecule has 0 heterocycles. The Morgan fingerprint density at radius 3 is 2.67 bits per heavy atom. The van der Waals surface area contributed by atoms with E-state index in [9.17, 15) is 4.79 Å². The van der Waals surface area contributed by atoms with Crippen molar-refractivity contribution >= 4 is 17.6 Å². The van der Waals surface area contributed by atoms with E-state index in [1.165, 1.54) is 0 Å². The molecule has 21 heavy (non-hydrogen) atoms. The summed E-state index contributed by atoms with van der Waals surface area (Å²) in [6.07, 6.45) is 1.49. The molecule has 2 unspecified atom stereocenters. The van der Waals surface area contributed by atoms with Gasteiger partial charge in [-0.3, -0.25) is 0 Å². The van der Waals surface area contributed by atoms with Gasteiger partial charge in [0.15, 0.2) is 6.10 Å². The molecule has 0 N–H and O–H groups in total. The third-order valence-electron chi connectivity index (χ3n) is 3.02. The van der Waals surface area contributed by atoms with Gasteiger partial charge in [-0.2, -0.15) is 0 Å². The van der Waals surface area contributed by atoms with Crippen molar-refractivity contribution in [3.05, 3.63) is 47.0 Å². The SMILES string of the molecule is C=C(C)C#CC(OC(=O)c1ccccc1Cl)C(C)CCC. The molecular formula is C18H21ClO2. The lowest BCUT2D eigenvalue weighted by Crippen LogP contribution is -2.24. The Morgan fingerprint density at radius 2 is 2.10 bits per heavy atom. The monoisotopic (exact) mass is 304 g/mol. The Kier molecular flexibility index (Phi) is 7.05. The molecule has 2 nitrogen and oxygen atoms in total. The van der Waals surface area contributed by atoms with E-state index in [4.69, 9.17) is 16.3 Å². The van der Waals surface area contributed by atoms with Crippen molar-refractivity contribution < 1.29 is 9.53 Å². The van der Waals surface area contributed by atoms with Crippen LogP contribution in [0.1, 0.15) is 44.0 Å². The van der Waals surface area contributed by atoms with Crippen LogP contribution in [0.3, 0.4) is 0 Å². The highest BCUT2D eigenvalue weighted by atomic mass is 35.5. The summed E-state index contributed by atoms with van der Waals surface area (Å²) < 4.78 is 5.54. The smallest absolute Gasteiger partial charge is 0.340 e. The van der Waals surface area contributed by atoms with Crippen molar-refractivity contribution in [2.75, 3.05) is 0 Å². The van der Waals surface area contributed by atoms with Gasteiger partial charge in [-0.25, -0.2) is 4.79 Å².